The van der Waals surface area contributed by atoms with Crippen LogP contribution in [-0.4, -0.2) is 9.55 Å². The van der Waals surface area contributed by atoms with E-state index in [4.69, 9.17) is 0 Å². The average molecular weight is 699 g/mol. The van der Waals surface area contributed by atoms with Crippen LogP contribution >= 0.6 is 11.3 Å². The monoisotopic (exact) mass is 698 g/mol. The molecule has 254 valence electrons. The summed E-state index contributed by atoms with van der Waals surface area (Å²) in [6.07, 6.45) is 0. The predicted molar refractivity (Wildman–Crippen MR) is 233 cm³/mol. The Bertz CT molecular complexity index is 3110. The fraction of sp³-hybridized carbons (Fsp3) is 0.0400. The Morgan fingerprint density at radius 3 is 1.72 bits per heavy atom. The molecule has 0 aliphatic carbocycles. The average Bonchev–Trinajstić information content (AvgIpc) is 3.91. The van der Waals surface area contributed by atoms with E-state index in [0.717, 1.165) is 11.0 Å². The highest BCUT2D eigenvalue weighted by molar-refractivity contribution is 7.25. The lowest BCUT2D eigenvalue weighted by Crippen LogP contribution is -1.93. The highest BCUT2D eigenvalue weighted by Crippen LogP contribution is 2.42. The van der Waals surface area contributed by atoms with E-state index >= 15 is 0 Å². The Labute approximate surface area is 313 Å². The summed E-state index contributed by atoms with van der Waals surface area (Å²) in [6.45, 7) is 4.00. The smallest absolute Gasteiger partial charge is 0.0544 e. The molecule has 0 amide bonds. The Kier molecular flexibility index (Phi) is 7.48. The summed E-state index contributed by atoms with van der Waals surface area (Å²) in [6, 6.07) is 64.3. The molecule has 0 unspecified atom stereocenters. The van der Waals surface area contributed by atoms with E-state index in [9.17, 15) is 0 Å². The first-order chi connectivity index (χ1) is 26.3. The van der Waals surface area contributed by atoms with Gasteiger partial charge in [0, 0.05) is 59.9 Å². The van der Waals surface area contributed by atoms with Crippen LogP contribution in [0.3, 0.4) is 0 Å². The predicted octanol–water partition coefficient (Wildman–Crippen LogP) is 15.1. The third-order valence-electron chi connectivity index (χ3n) is 10.5. The molecule has 0 saturated heterocycles. The van der Waals surface area contributed by atoms with Gasteiger partial charge in [0.15, 0.2) is 0 Å². The fourth-order valence-corrected chi connectivity index (χ4v) is 9.37. The van der Waals surface area contributed by atoms with Gasteiger partial charge in [-0.05, 0) is 82.4 Å². The largest absolute Gasteiger partial charge is 0.354 e. The molecule has 0 aliphatic rings. The second-order valence-electron chi connectivity index (χ2n) is 13.4. The Hall–Kier alpha value is -6.42. The van der Waals surface area contributed by atoms with Gasteiger partial charge in [-0.1, -0.05) is 135 Å². The van der Waals surface area contributed by atoms with Crippen LogP contribution in [0.5, 0.6) is 0 Å². The molecule has 0 radical (unpaired) electrons. The Balaban J connectivity index is 0.00000126. The van der Waals surface area contributed by atoms with Crippen molar-refractivity contribution in [1.82, 2.24) is 9.55 Å². The van der Waals surface area contributed by atoms with Crippen molar-refractivity contribution < 1.29 is 1.43 Å². The zero-order valence-electron chi connectivity index (χ0n) is 29.6. The molecule has 11 aromatic rings. The van der Waals surface area contributed by atoms with E-state index in [1.807, 2.05) is 25.2 Å². The maximum absolute atomic E-state index is 3.80. The van der Waals surface area contributed by atoms with E-state index in [1.54, 1.807) is 0 Å². The SMILES string of the molecule is CC.[HH].c1cc(-c2cccc(-c3cccc4sc5ccccc5c34)c2)cc(-c2cccc3c2[nH]c2ccc(-n4c5ccccc5c5ccccc54)cc23)c1. The molecule has 0 fully saturated rings. The number of nitrogens with zero attached hydrogens (tertiary/aromatic N) is 1. The van der Waals surface area contributed by atoms with Crippen molar-refractivity contribution in [2.45, 2.75) is 13.8 Å². The molecule has 3 aromatic heterocycles. The summed E-state index contributed by atoms with van der Waals surface area (Å²) in [4.78, 5) is 3.80. The number of rotatable bonds is 4. The van der Waals surface area contributed by atoms with Gasteiger partial charge in [0.05, 0.1) is 16.6 Å². The minimum Gasteiger partial charge on any atom is -0.354 e. The van der Waals surface area contributed by atoms with E-state index in [1.165, 1.54) is 91.8 Å². The quantitative estimate of drug-likeness (QED) is 0.189. The van der Waals surface area contributed by atoms with Crippen molar-refractivity contribution in [2.24, 2.45) is 0 Å². The highest BCUT2D eigenvalue weighted by atomic mass is 32.1. The molecule has 0 bridgehead atoms. The normalized spacial score (nSPS) is 11.6. The number of hydrogen-bond acceptors (Lipinski definition) is 1. The number of H-pyrrole nitrogens is 1. The molecule has 0 atom stereocenters. The molecule has 3 heteroatoms. The van der Waals surface area contributed by atoms with Gasteiger partial charge in [0.2, 0.25) is 0 Å². The van der Waals surface area contributed by atoms with Crippen LogP contribution in [0.1, 0.15) is 15.3 Å². The van der Waals surface area contributed by atoms with E-state index in [0.29, 0.717) is 0 Å². The summed E-state index contributed by atoms with van der Waals surface area (Å²) in [5.74, 6) is 0. The number of benzene rings is 8. The molecule has 8 aromatic carbocycles. The van der Waals surface area contributed by atoms with E-state index in [2.05, 4.69) is 185 Å². The molecule has 1 N–H and O–H groups in total. The van der Waals surface area contributed by atoms with Gasteiger partial charge in [0.1, 0.15) is 0 Å². The zero-order valence-corrected chi connectivity index (χ0v) is 30.4. The molecule has 3 heterocycles. The Morgan fingerprint density at radius 1 is 0.434 bits per heavy atom. The third-order valence-corrected chi connectivity index (χ3v) is 11.7. The van der Waals surface area contributed by atoms with Crippen molar-refractivity contribution in [3.8, 4) is 39.1 Å². The molecule has 53 heavy (non-hydrogen) atoms. The lowest BCUT2D eigenvalue weighted by molar-refractivity contribution is 1.19. The number of aromatic nitrogens is 2. The third kappa shape index (κ3) is 5.00. The van der Waals surface area contributed by atoms with Gasteiger partial charge in [-0.25, -0.2) is 0 Å². The maximum atomic E-state index is 3.80. The number of hydrogen-bond donors (Lipinski definition) is 1. The number of para-hydroxylation sites is 3. The van der Waals surface area contributed by atoms with Crippen molar-refractivity contribution in [1.29, 1.82) is 0 Å². The number of aromatic amines is 1. The van der Waals surface area contributed by atoms with Gasteiger partial charge >= 0.3 is 0 Å². The van der Waals surface area contributed by atoms with Gasteiger partial charge in [-0.3, -0.25) is 0 Å². The fourth-order valence-electron chi connectivity index (χ4n) is 8.24. The lowest BCUT2D eigenvalue weighted by atomic mass is 9.94. The molecular formula is C50H38N2S. The van der Waals surface area contributed by atoms with Crippen molar-refractivity contribution in [2.75, 3.05) is 0 Å². The highest BCUT2D eigenvalue weighted by Gasteiger charge is 2.16. The number of nitrogens with one attached hydrogen (secondary N) is 1. The second kappa shape index (κ2) is 12.7. The van der Waals surface area contributed by atoms with Gasteiger partial charge in [-0.2, -0.15) is 0 Å². The van der Waals surface area contributed by atoms with E-state index < -0.39 is 0 Å². The molecule has 0 spiro atoms. The number of thiophene rings is 1. The van der Waals surface area contributed by atoms with Crippen LogP contribution in [0.15, 0.2) is 176 Å². The van der Waals surface area contributed by atoms with Crippen LogP contribution < -0.4 is 0 Å². The first-order valence-corrected chi connectivity index (χ1v) is 19.2. The standard InChI is InChI=1S/C48H30N2S.C2H6.H2/c1-4-21-43-37(15-1)38-16-2-5-22-44(38)50(43)34-25-26-42-41(29-34)39-20-9-19-36(48(39)49-42)33-14-8-12-31(28-33)30-11-7-13-32(27-30)35-18-10-24-46-47(35)40-17-3-6-23-45(40)51-46;1-2;/h1-29,49H;1-2H3;1H. The zero-order chi connectivity index (χ0) is 35.5. The number of fused-ring (bicyclic) bond motifs is 9. The van der Waals surface area contributed by atoms with Crippen molar-refractivity contribution in [3.63, 3.8) is 0 Å². The Morgan fingerprint density at radius 2 is 0.981 bits per heavy atom. The lowest BCUT2D eigenvalue weighted by Gasteiger charge is -2.10. The summed E-state index contributed by atoms with van der Waals surface area (Å²) in [5, 5.41) is 7.68. The first kappa shape index (κ1) is 31.3. The van der Waals surface area contributed by atoms with Crippen LogP contribution in [0.4, 0.5) is 0 Å². The molecule has 11 rings (SSSR count). The van der Waals surface area contributed by atoms with Gasteiger partial charge in [-0.15, -0.1) is 11.3 Å². The first-order valence-electron chi connectivity index (χ1n) is 18.4. The van der Waals surface area contributed by atoms with Crippen LogP contribution in [0.25, 0.3) is 103 Å². The van der Waals surface area contributed by atoms with Gasteiger partial charge in [0.25, 0.3) is 0 Å². The maximum Gasteiger partial charge on any atom is 0.0544 e. The molecule has 2 nitrogen and oxygen atoms in total. The van der Waals surface area contributed by atoms with Gasteiger partial charge < -0.3 is 9.55 Å². The summed E-state index contributed by atoms with van der Waals surface area (Å²) < 4.78 is 5.05. The molecule has 0 saturated carbocycles. The van der Waals surface area contributed by atoms with Crippen LogP contribution in [-0.2, 0) is 0 Å². The molecular weight excluding hydrogens is 661 g/mol. The second-order valence-corrected chi connectivity index (χ2v) is 14.5. The minimum absolute atomic E-state index is 0. The topological polar surface area (TPSA) is 20.7 Å². The summed E-state index contributed by atoms with van der Waals surface area (Å²) in [5.41, 5.74) is 13.3. The van der Waals surface area contributed by atoms with Crippen LogP contribution in [0.2, 0.25) is 0 Å². The van der Waals surface area contributed by atoms with Crippen molar-refractivity contribution >= 4 is 75.1 Å². The summed E-state index contributed by atoms with van der Waals surface area (Å²) in [7, 11) is 0. The molecule has 0 aliphatic heterocycles. The van der Waals surface area contributed by atoms with E-state index in [-0.39, 0.29) is 1.43 Å². The van der Waals surface area contributed by atoms with Crippen LogP contribution in [0, 0.1) is 0 Å². The van der Waals surface area contributed by atoms with Crippen molar-refractivity contribution in [3.05, 3.63) is 176 Å². The summed E-state index contributed by atoms with van der Waals surface area (Å²) >= 11 is 1.87. The minimum atomic E-state index is 0.